The van der Waals surface area contributed by atoms with E-state index < -0.39 is 11.9 Å². The summed E-state index contributed by atoms with van der Waals surface area (Å²) in [5.41, 5.74) is 4.00. The van der Waals surface area contributed by atoms with Crippen LogP contribution in [0.4, 0.5) is 10.5 Å². The number of carbonyl (C=O) groups excluding carboxylic acids is 1. The molecular formula is C14H18N2O3. The smallest absolute Gasteiger partial charge is 0.321 e. The number of urea groups is 1. The minimum absolute atomic E-state index is 0.229. The maximum Gasteiger partial charge on any atom is 0.321 e. The number of likely N-dealkylation sites (tertiary alicyclic amines) is 1. The molecule has 2 N–H and O–H groups in total. The van der Waals surface area contributed by atoms with E-state index in [1.165, 1.54) is 4.90 Å². The van der Waals surface area contributed by atoms with Gasteiger partial charge in [0.1, 0.15) is 0 Å². The van der Waals surface area contributed by atoms with Gasteiger partial charge in [0.05, 0.1) is 5.92 Å². The van der Waals surface area contributed by atoms with Crippen molar-refractivity contribution in [2.45, 2.75) is 20.8 Å². The number of anilines is 1. The van der Waals surface area contributed by atoms with Crippen molar-refractivity contribution < 1.29 is 14.7 Å². The second kappa shape index (κ2) is 4.91. The summed E-state index contributed by atoms with van der Waals surface area (Å²) in [7, 11) is 0. The molecule has 1 aromatic rings. The Kier molecular flexibility index (Phi) is 3.46. The number of amides is 2. The van der Waals surface area contributed by atoms with Crippen molar-refractivity contribution in [3.05, 3.63) is 28.8 Å². The number of rotatable bonds is 2. The molecule has 0 aliphatic carbocycles. The van der Waals surface area contributed by atoms with Gasteiger partial charge in [0.15, 0.2) is 0 Å². The normalized spacial score (nSPS) is 15.0. The summed E-state index contributed by atoms with van der Waals surface area (Å²) >= 11 is 0. The standard InChI is InChI=1S/C14H18N2O3/c1-8-4-9(2)12(10(3)5-8)15-14(19)16-6-11(7-16)13(17)18/h4-5,11H,6-7H2,1-3H3,(H,15,19)(H,17,18). The Hall–Kier alpha value is -2.04. The molecule has 1 aliphatic heterocycles. The highest BCUT2D eigenvalue weighted by Crippen LogP contribution is 2.24. The Morgan fingerprint density at radius 1 is 1.21 bits per heavy atom. The number of nitrogens with one attached hydrogen (secondary N) is 1. The number of hydrogen-bond acceptors (Lipinski definition) is 2. The number of aryl methyl sites for hydroxylation is 3. The molecule has 5 nitrogen and oxygen atoms in total. The van der Waals surface area contributed by atoms with Crippen molar-refractivity contribution >= 4 is 17.7 Å². The predicted molar refractivity (Wildman–Crippen MR) is 72.4 cm³/mol. The van der Waals surface area contributed by atoms with E-state index in [1.807, 2.05) is 32.9 Å². The molecule has 102 valence electrons. The number of benzene rings is 1. The topological polar surface area (TPSA) is 69.6 Å². The van der Waals surface area contributed by atoms with E-state index in [4.69, 9.17) is 5.11 Å². The summed E-state index contributed by atoms with van der Waals surface area (Å²) in [4.78, 5) is 24.2. The molecule has 2 amide bonds. The van der Waals surface area contributed by atoms with Gasteiger partial charge in [-0.05, 0) is 31.9 Å². The molecule has 0 aromatic heterocycles. The molecule has 0 saturated carbocycles. The van der Waals surface area contributed by atoms with Crippen LogP contribution in [0.5, 0.6) is 0 Å². The molecule has 1 saturated heterocycles. The van der Waals surface area contributed by atoms with Crippen molar-refractivity contribution in [1.82, 2.24) is 4.90 Å². The van der Waals surface area contributed by atoms with Crippen LogP contribution >= 0.6 is 0 Å². The minimum Gasteiger partial charge on any atom is -0.481 e. The van der Waals surface area contributed by atoms with E-state index in [1.54, 1.807) is 0 Å². The van der Waals surface area contributed by atoms with Gasteiger partial charge in [-0.3, -0.25) is 4.79 Å². The summed E-state index contributed by atoms with van der Waals surface area (Å²) in [6, 6.07) is 3.80. The van der Waals surface area contributed by atoms with Gasteiger partial charge in [-0.25, -0.2) is 4.79 Å². The van der Waals surface area contributed by atoms with Crippen molar-refractivity contribution in [3.63, 3.8) is 0 Å². The summed E-state index contributed by atoms with van der Waals surface area (Å²) in [6.45, 7) is 6.48. The van der Waals surface area contributed by atoms with Crippen LogP contribution in [-0.4, -0.2) is 35.1 Å². The van der Waals surface area contributed by atoms with Gasteiger partial charge in [-0.2, -0.15) is 0 Å². The van der Waals surface area contributed by atoms with Crippen LogP contribution in [0.2, 0.25) is 0 Å². The fourth-order valence-corrected chi connectivity index (χ4v) is 2.36. The van der Waals surface area contributed by atoms with E-state index in [9.17, 15) is 9.59 Å². The van der Waals surface area contributed by atoms with Crippen LogP contribution in [-0.2, 0) is 4.79 Å². The molecule has 2 rings (SSSR count). The average molecular weight is 262 g/mol. The van der Waals surface area contributed by atoms with Crippen molar-refractivity contribution in [2.75, 3.05) is 18.4 Å². The summed E-state index contributed by atoms with van der Waals surface area (Å²) < 4.78 is 0. The lowest BCUT2D eigenvalue weighted by atomic mass is 10.0. The van der Waals surface area contributed by atoms with E-state index in [0.717, 1.165) is 22.4 Å². The predicted octanol–water partition coefficient (Wildman–Crippen LogP) is 2.16. The number of carbonyl (C=O) groups is 2. The molecule has 0 atom stereocenters. The fourth-order valence-electron chi connectivity index (χ4n) is 2.36. The van der Waals surface area contributed by atoms with Gasteiger partial charge in [-0.1, -0.05) is 17.7 Å². The molecule has 1 aliphatic rings. The van der Waals surface area contributed by atoms with Gasteiger partial charge < -0.3 is 15.3 Å². The molecule has 1 aromatic carbocycles. The first-order chi connectivity index (χ1) is 8.88. The third-order valence-electron chi connectivity index (χ3n) is 3.43. The summed E-state index contributed by atoms with van der Waals surface area (Å²) in [5, 5.41) is 11.6. The Bertz CT molecular complexity index is 510. The Morgan fingerprint density at radius 3 is 2.21 bits per heavy atom. The molecule has 1 heterocycles. The highest BCUT2D eigenvalue weighted by molar-refractivity contribution is 5.92. The number of aliphatic carboxylic acids is 1. The first kappa shape index (κ1) is 13.4. The number of hydrogen-bond donors (Lipinski definition) is 2. The van der Waals surface area contributed by atoms with E-state index >= 15 is 0 Å². The Morgan fingerprint density at radius 2 is 1.74 bits per heavy atom. The first-order valence-electron chi connectivity index (χ1n) is 6.25. The van der Waals surface area contributed by atoms with E-state index in [-0.39, 0.29) is 19.1 Å². The third kappa shape index (κ3) is 2.70. The van der Waals surface area contributed by atoms with Gasteiger partial charge in [0.2, 0.25) is 0 Å². The van der Waals surface area contributed by atoms with E-state index in [0.29, 0.717) is 0 Å². The van der Waals surface area contributed by atoms with Crippen LogP contribution in [0, 0.1) is 26.7 Å². The SMILES string of the molecule is Cc1cc(C)c(NC(=O)N2CC(C(=O)O)C2)c(C)c1. The highest BCUT2D eigenvalue weighted by Gasteiger charge is 2.35. The van der Waals surface area contributed by atoms with Crippen molar-refractivity contribution in [3.8, 4) is 0 Å². The maximum atomic E-state index is 12.0. The lowest BCUT2D eigenvalue weighted by Gasteiger charge is -2.36. The van der Waals surface area contributed by atoms with Crippen molar-refractivity contribution in [1.29, 1.82) is 0 Å². The molecular weight excluding hydrogens is 244 g/mol. The maximum absolute atomic E-state index is 12.0. The van der Waals surface area contributed by atoms with Crippen LogP contribution in [0.15, 0.2) is 12.1 Å². The molecule has 1 fully saturated rings. The van der Waals surface area contributed by atoms with Gasteiger partial charge in [-0.15, -0.1) is 0 Å². The zero-order valence-electron chi connectivity index (χ0n) is 11.4. The van der Waals surface area contributed by atoms with Crippen LogP contribution in [0.25, 0.3) is 0 Å². The fraction of sp³-hybridized carbons (Fsp3) is 0.429. The van der Waals surface area contributed by atoms with Crippen LogP contribution in [0.3, 0.4) is 0 Å². The summed E-state index contributed by atoms with van der Waals surface area (Å²) in [5.74, 6) is -1.27. The third-order valence-corrected chi connectivity index (χ3v) is 3.43. The molecule has 0 radical (unpaired) electrons. The van der Waals surface area contributed by atoms with Crippen molar-refractivity contribution in [2.24, 2.45) is 5.92 Å². The zero-order valence-corrected chi connectivity index (χ0v) is 11.4. The Labute approximate surface area is 112 Å². The molecule has 0 spiro atoms. The lowest BCUT2D eigenvalue weighted by molar-refractivity contribution is -0.145. The van der Waals surface area contributed by atoms with E-state index in [2.05, 4.69) is 5.32 Å². The summed E-state index contributed by atoms with van der Waals surface area (Å²) in [6.07, 6.45) is 0. The number of carboxylic acid groups (broad SMARTS) is 1. The largest absolute Gasteiger partial charge is 0.481 e. The van der Waals surface area contributed by atoms with Gasteiger partial charge >= 0.3 is 12.0 Å². The Balaban J connectivity index is 2.03. The van der Waals surface area contributed by atoms with Crippen LogP contribution < -0.4 is 5.32 Å². The number of nitrogens with zero attached hydrogens (tertiary/aromatic N) is 1. The number of carboxylic acids is 1. The average Bonchev–Trinajstić information content (AvgIpc) is 2.20. The first-order valence-corrected chi connectivity index (χ1v) is 6.25. The van der Waals surface area contributed by atoms with Crippen LogP contribution in [0.1, 0.15) is 16.7 Å². The quantitative estimate of drug-likeness (QED) is 0.858. The second-order valence-corrected chi connectivity index (χ2v) is 5.14. The molecule has 5 heteroatoms. The van der Waals surface area contributed by atoms with Gasteiger partial charge in [0, 0.05) is 18.8 Å². The van der Waals surface area contributed by atoms with Gasteiger partial charge in [0.25, 0.3) is 0 Å². The molecule has 19 heavy (non-hydrogen) atoms. The molecule has 0 bridgehead atoms. The minimum atomic E-state index is -0.841. The molecule has 0 unspecified atom stereocenters. The highest BCUT2D eigenvalue weighted by atomic mass is 16.4. The lowest BCUT2D eigenvalue weighted by Crippen LogP contribution is -2.54. The zero-order chi connectivity index (χ0) is 14.2. The monoisotopic (exact) mass is 262 g/mol. The second-order valence-electron chi connectivity index (χ2n) is 5.14.